The van der Waals surface area contributed by atoms with Gasteiger partial charge in [0, 0.05) is 15.8 Å². The number of nitrogens with one attached hydrogen (secondary N) is 2. The van der Waals surface area contributed by atoms with Crippen LogP contribution in [0.5, 0.6) is 11.5 Å². The Balaban J connectivity index is 1.71. The number of rotatable bonds is 10. The number of anilines is 2. The summed E-state index contributed by atoms with van der Waals surface area (Å²) in [6.45, 7) is 6.94. The van der Waals surface area contributed by atoms with E-state index in [1.54, 1.807) is 36.4 Å². The Hall–Kier alpha value is -3.04. The van der Waals surface area contributed by atoms with E-state index in [4.69, 9.17) is 9.47 Å². The Morgan fingerprint density at radius 1 is 0.941 bits per heavy atom. The lowest BCUT2D eigenvalue weighted by molar-refractivity contribution is 0.102. The fourth-order valence-corrected chi connectivity index (χ4v) is 4.40. The van der Waals surface area contributed by atoms with Crippen molar-refractivity contribution in [1.82, 2.24) is 0 Å². The molecule has 180 valence electrons. The van der Waals surface area contributed by atoms with Crippen LogP contribution in [0.25, 0.3) is 0 Å². The third kappa shape index (κ3) is 6.98. The molecule has 3 aromatic rings. The predicted octanol–water partition coefficient (Wildman–Crippen LogP) is 5.94. The van der Waals surface area contributed by atoms with E-state index in [-0.39, 0.29) is 10.8 Å². The average molecular weight is 547 g/mol. The number of carbonyl (C=O) groups excluding carboxylic acids is 1. The van der Waals surface area contributed by atoms with E-state index in [0.717, 1.165) is 4.47 Å². The topological polar surface area (TPSA) is 93.7 Å². The van der Waals surface area contributed by atoms with Gasteiger partial charge >= 0.3 is 0 Å². The van der Waals surface area contributed by atoms with E-state index in [2.05, 4.69) is 26.0 Å². The zero-order valence-corrected chi connectivity index (χ0v) is 21.6. The molecule has 0 aliphatic carbocycles. The minimum absolute atomic E-state index is 0.0720. The SMILES string of the molecule is CCOc1ccc(NS(=O)(=O)c2ccc(NC(=O)c3cc(Br)ccc3OCC(C)C)cc2)cc1. The van der Waals surface area contributed by atoms with Crippen molar-refractivity contribution in [2.45, 2.75) is 25.7 Å². The molecule has 0 saturated heterocycles. The van der Waals surface area contributed by atoms with Gasteiger partial charge < -0.3 is 14.8 Å². The van der Waals surface area contributed by atoms with Crippen LogP contribution in [0, 0.1) is 5.92 Å². The summed E-state index contributed by atoms with van der Waals surface area (Å²) in [7, 11) is -3.79. The van der Waals surface area contributed by atoms with Crippen molar-refractivity contribution in [2.75, 3.05) is 23.3 Å². The molecule has 0 fully saturated rings. The molecule has 0 saturated carbocycles. The summed E-state index contributed by atoms with van der Waals surface area (Å²) < 4.78 is 39.9. The molecule has 0 aromatic heterocycles. The molecule has 0 heterocycles. The van der Waals surface area contributed by atoms with Crippen LogP contribution < -0.4 is 19.5 Å². The van der Waals surface area contributed by atoms with Gasteiger partial charge in [-0.05, 0) is 79.6 Å². The summed E-state index contributed by atoms with van der Waals surface area (Å²) in [5.74, 6) is 1.09. The van der Waals surface area contributed by atoms with Crippen LogP contribution in [0.4, 0.5) is 11.4 Å². The van der Waals surface area contributed by atoms with Crippen molar-refractivity contribution >= 4 is 43.2 Å². The molecular formula is C25H27BrN2O5S. The van der Waals surface area contributed by atoms with Crippen molar-refractivity contribution in [3.05, 3.63) is 76.8 Å². The molecule has 0 aliphatic heterocycles. The van der Waals surface area contributed by atoms with Gasteiger partial charge in [-0.2, -0.15) is 0 Å². The quantitative estimate of drug-likeness (QED) is 0.328. The monoisotopic (exact) mass is 546 g/mol. The number of sulfonamides is 1. The first-order chi connectivity index (χ1) is 16.2. The predicted molar refractivity (Wildman–Crippen MR) is 137 cm³/mol. The zero-order valence-electron chi connectivity index (χ0n) is 19.2. The largest absolute Gasteiger partial charge is 0.494 e. The molecular weight excluding hydrogens is 520 g/mol. The fourth-order valence-electron chi connectivity index (χ4n) is 2.98. The van der Waals surface area contributed by atoms with E-state index in [0.29, 0.717) is 47.6 Å². The van der Waals surface area contributed by atoms with Gasteiger partial charge in [0.1, 0.15) is 11.5 Å². The lowest BCUT2D eigenvalue weighted by Gasteiger charge is -2.14. The van der Waals surface area contributed by atoms with Crippen LogP contribution in [0.15, 0.2) is 76.1 Å². The maximum Gasteiger partial charge on any atom is 0.261 e. The van der Waals surface area contributed by atoms with Crippen molar-refractivity contribution in [1.29, 1.82) is 0 Å². The van der Waals surface area contributed by atoms with Gasteiger partial charge in [0.15, 0.2) is 0 Å². The van der Waals surface area contributed by atoms with E-state index in [1.165, 1.54) is 24.3 Å². The summed E-state index contributed by atoms with van der Waals surface area (Å²) in [4.78, 5) is 12.9. The molecule has 3 rings (SSSR count). The lowest BCUT2D eigenvalue weighted by Crippen LogP contribution is -2.16. The highest BCUT2D eigenvalue weighted by atomic mass is 79.9. The minimum Gasteiger partial charge on any atom is -0.494 e. The van der Waals surface area contributed by atoms with E-state index in [1.807, 2.05) is 26.8 Å². The van der Waals surface area contributed by atoms with Crippen LogP contribution in [0.2, 0.25) is 0 Å². The summed E-state index contributed by atoms with van der Waals surface area (Å²) >= 11 is 3.38. The van der Waals surface area contributed by atoms with E-state index >= 15 is 0 Å². The van der Waals surface area contributed by atoms with E-state index < -0.39 is 10.0 Å². The summed E-state index contributed by atoms with van der Waals surface area (Å²) in [6.07, 6.45) is 0. The average Bonchev–Trinajstić information content (AvgIpc) is 2.80. The smallest absolute Gasteiger partial charge is 0.261 e. The standard InChI is InChI=1S/C25H27BrN2O5S/c1-4-32-21-10-6-20(7-11-21)28-34(30,31)22-12-8-19(9-13-22)27-25(29)23-15-18(26)5-14-24(23)33-16-17(2)3/h5-15,17,28H,4,16H2,1-3H3,(H,27,29). The second-order valence-corrected chi connectivity index (χ2v) is 10.5. The summed E-state index contributed by atoms with van der Waals surface area (Å²) in [5.41, 5.74) is 1.26. The second kappa shape index (κ2) is 11.4. The zero-order chi connectivity index (χ0) is 24.7. The molecule has 34 heavy (non-hydrogen) atoms. The molecule has 3 aromatic carbocycles. The molecule has 7 nitrogen and oxygen atoms in total. The number of ether oxygens (including phenoxy) is 2. The van der Waals surface area contributed by atoms with Crippen LogP contribution in [-0.4, -0.2) is 27.5 Å². The Morgan fingerprint density at radius 2 is 1.59 bits per heavy atom. The van der Waals surface area contributed by atoms with Crippen LogP contribution in [0.1, 0.15) is 31.1 Å². The molecule has 0 unspecified atom stereocenters. The summed E-state index contributed by atoms with van der Waals surface area (Å²) in [6, 6.07) is 17.8. The summed E-state index contributed by atoms with van der Waals surface area (Å²) in [5, 5.41) is 2.79. The van der Waals surface area contributed by atoms with Gasteiger partial charge in [-0.3, -0.25) is 9.52 Å². The van der Waals surface area contributed by atoms with Gasteiger partial charge in [-0.25, -0.2) is 8.42 Å². The van der Waals surface area contributed by atoms with Gasteiger partial charge in [0.05, 0.1) is 23.7 Å². The lowest BCUT2D eigenvalue weighted by atomic mass is 10.1. The number of amides is 1. The molecule has 9 heteroatoms. The van der Waals surface area contributed by atoms with Gasteiger partial charge in [-0.1, -0.05) is 29.8 Å². The molecule has 2 N–H and O–H groups in total. The molecule has 0 aliphatic rings. The maximum atomic E-state index is 12.9. The van der Waals surface area contributed by atoms with Crippen LogP contribution in [-0.2, 0) is 10.0 Å². The Labute approximate surface area is 208 Å². The van der Waals surface area contributed by atoms with Crippen molar-refractivity contribution < 1.29 is 22.7 Å². The number of carbonyl (C=O) groups is 1. The third-order valence-corrected chi connectivity index (χ3v) is 6.49. The van der Waals surface area contributed by atoms with E-state index in [9.17, 15) is 13.2 Å². The Kier molecular flexibility index (Phi) is 8.57. The third-order valence-electron chi connectivity index (χ3n) is 4.60. The van der Waals surface area contributed by atoms with Gasteiger partial charge in [-0.15, -0.1) is 0 Å². The van der Waals surface area contributed by atoms with Crippen molar-refractivity contribution in [3.63, 3.8) is 0 Å². The van der Waals surface area contributed by atoms with Crippen molar-refractivity contribution in [2.24, 2.45) is 5.92 Å². The first-order valence-electron chi connectivity index (χ1n) is 10.8. The molecule has 0 spiro atoms. The number of hydrogen-bond donors (Lipinski definition) is 2. The molecule has 0 radical (unpaired) electrons. The van der Waals surface area contributed by atoms with Gasteiger partial charge in [0.25, 0.3) is 15.9 Å². The number of benzene rings is 3. The maximum absolute atomic E-state index is 12.9. The number of hydrogen-bond acceptors (Lipinski definition) is 5. The second-order valence-electron chi connectivity index (χ2n) is 7.89. The fraction of sp³-hybridized carbons (Fsp3) is 0.240. The highest BCUT2D eigenvalue weighted by Crippen LogP contribution is 2.26. The Morgan fingerprint density at radius 3 is 2.21 bits per heavy atom. The minimum atomic E-state index is -3.79. The van der Waals surface area contributed by atoms with Gasteiger partial charge in [0.2, 0.25) is 0 Å². The normalized spacial score (nSPS) is 11.2. The highest BCUT2D eigenvalue weighted by Gasteiger charge is 2.17. The Bertz CT molecular complexity index is 1230. The molecule has 1 amide bonds. The highest BCUT2D eigenvalue weighted by molar-refractivity contribution is 9.10. The first-order valence-corrected chi connectivity index (χ1v) is 13.0. The first kappa shape index (κ1) is 25.6. The molecule has 0 atom stereocenters. The van der Waals surface area contributed by atoms with Crippen LogP contribution >= 0.6 is 15.9 Å². The number of halogens is 1. The van der Waals surface area contributed by atoms with Crippen LogP contribution in [0.3, 0.4) is 0 Å². The van der Waals surface area contributed by atoms with Crippen molar-refractivity contribution in [3.8, 4) is 11.5 Å². The molecule has 0 bridgehead atoms.